The van der Waals surface area contributed by atoms with Gasteiger partial charge in [-0.05, 0) is 160 Å². The van der Waals surface area contributed by atoms with E-state index in [2.05, 4.69) is 37.0 Å². The number of benzene rings is 2. The summed E-state index contributed by atoms with van der Waals surface area (Å²) in [6.07, 6.45) is 17.7. The smallest absolute Gasteiger partial charge is 0.332 e. The van der Waals surface area contributed by atoms with Gasteiger partial charge in [-0.3, -0.25) is 9.80 Å². The normalized spacial score (nSPS) is 18.7. The van der Waals surface area contributed by atoms with E-state index in [0.29, 0.717) is 12.8 Å². The lowest BCUT2D eigenvalue weighted by Crippen LogP contribution is -2.38. The van der Waals surface area contributed by atoms with Gasteiger partial charge in [-0.1, -0.05) is 12.1 Å². The van der Waals surface area contributed by atoms with Gasteiger partial charge in [0, 0.05) is 31.9 Å². The van der Waals surface area contributed by atoms with Crippen molar-refractivity contribution >= 4 is 43.5 Å². The number of aliphatic imine (C=N–C) groups is 1. The first kappa shape index (κ1) is 44.3. The average Bonchev–Trinajstić information content (AvgIpc) is 4.04. The number of carbonyl (C=O) groups is 1. The van der Waals surface area contributed by atoms with Crippen molar-refractivity contribution in [3.63, 3.8) is 0 Å². The summed E-state index contributed by atoms with van der Waals surface area (Å²) < 4.78 is 58.7. The fourth-order valence-corrected chi connectivity index (χ4v) is 10.8. The Balaban J connectivity index is 0.000000164. The predicted molar refractivity (Wildman–Crippen MR) is 226 cm³/mol. The Labute approximate surface area is 344 Å². The minimum absolute atomic E-state index is 0.0320. The Kier molecular flexibility index (Phi) is 16.3. The van der Waals surface area contributed by atoms with Crippen LogP contribution in [-0.4, -0.2) is 116 Å². The van der Waals surface area contributed by atoms with Gasteiger partial charge in [-0.25, -0.2) is 36.3 Å². The number of isocyanates is 1. The quantitative estimate of drug-likeness (QED) is 0.149. The van der Waals surface area contributed by atoms with Crippen LogP contribution in [0.2, 0.25) is 0 Å². The van der Waals surface area contributed by atoms with Gasteiger partial charge in [0.1, 0.15) is 0 Å². The summed E-state index contributed by atoms with van der Waals surface area (Å²) in [7, 11) is -6.91. The monoisotopic (exact) mass is 842 g/mol. The Bertz CT molecular complexity index is 1940. The topological polar surface area (TPSA) is 190 Å². The molecule has 320 valence electrons. The number of sulfonamides is 2. The summed E-state index contributed by atoms with van der Waals surface area (Å²) in [6, 6.07) is 4.00. The highest BCUT2D eigenvalue weighted by Gasteiger charge is 2.27. The number of unbranched alkanes of at least 4 members (excludes halogenated alkanes) is 2. The van der Waals surface area contributed by atoms with Crippen LogP contribution in [-0.2, 0) is 85.7 Å². The summed E-state index contributed by atoms with van der Waals surface area (Å²) in [5.74, 6) is 0.0626. The van der Waals surface area contributed by atoms with Crippen LogP contribution in [0.25, 0.3) is 0 Å². The SMILES string of the molecule is NS(=O)(=O)CCCCN1CCOCC1.O=C(Nc1c2c(cc3c1CCC3)CCC2)NS(=O)(=O)CCCCN1CCOCC1.O=C=Nc1c2c(cc3c1CCC3)CCC2. The molecule has 6 aliphatic rings. The number of nitrogens with one attached hydrogen (secondary N) is 2. The predicted octanol–water partition coefficient (Wildman–Crippen LogP) is 4.25. The Hall–Kier alpha value is -3.21. The highest BCUT2D eigenvalue weighted by Crippen LogP contribution is 2.40. The molecule has 58 heavy (non-hydrogen) atoms. The zero-order valence-electron chi connectivity index (χ0n) is 34.0. The molecule has 8 rings (SSSR count). The molecule has 2 aromatic rings. The van der Waals surface area contributed by atoms with Gasteiger partial charge in [0.25, 0.3) is 0 Å². The molecule has 14 nitrogen and oxygen atoms in total. The van der Waals surface area contributed by atoms with Gasteiger partial charge in [-0.2, -0.15) is 4.99 Å². The van der Waals surface area contributed by atoms with Crippen LogP contribution >= 0.6 is 0 Å². The number of nitrogens with zero attached hydrogens (tertiary/aromatic N) is 3. The van der Waals surface area contributed by atoms with E-state index in [1.165, 1.54) is 57.3 Å². The van der Waals surface area contributed by atoms with E-state index in [9.17, 15) is 26.4 Å². The molecule has 2 amide bonds. The number of aryl methyl sites for hydroxylation is 4. The number of rotatable bonds is 13. The lowest BCUT2D eigenvalue weighted by Gasteiger charge is -2.26. The first-order valence-electron chi connectivity index (χ1n) is 21.3. The Morgan fingerprint density at radius 3 is 1.53 bits per heavy atom. The van der Waals surface area contributed by atoms with Crippen molar-refractivity contribution in [1.29, 1.82) is 0 Å². The molecular formula is C42H62N6O8S2. The number of ether oxygens (including phenoxy) is 2. The van der Waals surface area contributed by atoms with Crippen LogP contribution in [0.1, 0.15) is 95.9 Å². The summed E-state index contributed by atoms with van der Waals surface area (Å²) in [5, 5.41) is 7.78. The maximum atomic E-state index is 12.5. The Morgan fingerprint density at radius 2 is 1.09 bits per heavy atom. The maximum Gasteiger partial charge on any atom is 0.332 e. The van der Waals surface area contributed by atoms with Gasteiger partial charge in [0.2, 0.25) is 26.1 Å². The van der Waals surface area contributed by atoms with Crippen molar-refractivity contribution in [2.24, 2.45) is 10.1 Å². The third-order valence-electron chi connectivity index (χ3n) is 12.1. The molecule has 4 aliphatic carbocycles. The first-order chi connectivity index (χ1) is 28.0. The number of fused-ring (bicyclic) bond motifs is 4. The molecule has 0 atom stereocenters. The van der Waals surface area contributed by atoms with Crippen molar-refractivity contribution in [2.75, 3.05) is 82.5 Å². The van der Waals surface area contributed by atoms with E-state index in [1.807, 2.05) is 0 Å². The molecule has 2 aromatic carbocycles. The van der Waals surface area contributed by atoms with E-state index in [1.54, 1.807) is 6.08 Å². The van der Waals surface area contributed by atoms with Crippen molar-refractivity contribution in [3.05, 3.63) is 56.6 Å². The number of primary sulfonamides is 1. The van der Waals surface area contributed by atoms with Crippen LogP contribution in [0, 0.1) is 0 Å². The van der Waals surface area contributed by atoms with E-state index < -0.39 is 26.1 Å². The van der Waals surface area contributed by atoms with Gasteiger partial charge in [-0.15, -0.1) is 0 Å². The minimum Gasteiger partial charge on any atom is -0.379 e. The summed E-state index contributed by atoms with van der Waals surface area (Å²) in [5.41, 5.74) is 12.3. The number of morpholine rings is 2. The number of anilines is 1. The summed E-state index contributed by atoms with van der Waals surface area (Å²) in [4.78, 5) is 31.5. The number of amides is 2. The second-order valence-electron chi connectivity index (χ2n) is 16.2. The molecule has 2 saturated heterocycles. The van der Waals surface area contributed by atoms with Gasteiger partial charge < -0.3 is 14.8 Å². The molecule has 2 aliphatic heterocycles. The summed E-state index contributed by atoms with van der Waals surface area (Å²) in [6.45, 7) is 8.58. The van der Waals surface area contributed by atoms with E-state index in [0.717, 1.165) is 154 Å². The average molecular weight is 843 g/mol. The molecule has 0 unspecified atom stereocenters. The molecule has 2 fully saturated rings. The maximum absolute atomic E-state index is 12.5. The fraction of sp³-hybridized carbons (Fsp3) is 0.667. The van der Waals surface area contributed by atoms with Crippen LogP contribution in [0.5, 0.6) is 0 Å². The molecule has 4 N–H and O–H groups in total. The molecule has 0 bridgehead atoms. The highest BCUT2D eigenvalue weighted by atomic mass is 32.2. The molecule has 16 heteroatoms. The second-order valence-corrected chi connectivity index (χ2v) is 19.8. The highest BCUT2D eigenvalue weighted by molar-refractivity contribution is 7.90. The molecule has 0 spiro atoms. The number of hydrogen-bond acceptors (Lipinski definition) is 11. The van der Waals surface area contributed by atoms with Crippen LogP contribution in [0.4, 0.5) is 16.2 Å². The third kappa shape index (κ3) is 12.9. The summed E-state index contributed by atoms with van der Waals surface area (Å²) >= 11 is 0. The van der Waals surface area contributed by atoms with E-state index in [4.69, 9.17) is 14.6 Å². The van der Waals surface area contributed by atoms with Crippen LogP contribution in [0.3, 0.4) is 0 Å². The number of nitrogens with two attached hydrogens (primary N) is 1. The lowest BCUT2D eigenvalue weighted by molar-refractivity contribution is 0.0373. The van der Waals surface area contributed by atoms with E-state index >= 15 is 0 Å². The van der Waals surface area contributed by atoms with Crippen molar-refractivity contribution < 1.29 is 35.9 Å². The minimum atomic E-state index is -3.64. The van der Waals surface area contributed by atoms with Gasteiger partial charge in [0.05, 0.1) is 43.6 Å². The molecule has 0 saturated carbocycles. The molecule has 0 radical (unpaired) electrons. The Morgan fingerprint density at radius 1 is 0.655 bits per heavy atom. The third-order valence-corrected chi connectivity index (χ3v) is 14.2. The van der Waals surface area contributed by atoms with Crippen LogP contribution in [0.15, 0.2) is 17.1 Å². The molecule has 2 heterocycles. The molecule has 0 aromatic heterocycles. The fourth-order valence-electron chi connectivity index (χ4n) is 9.18. The van der Waals surface area contributed by atoms with Crippen molar-refractivity contribution in [2.45, 2.75) is 103 Å². The van der Waals surface area contributed by atoms with Crippen LogP contribution < -0.4 is 15.2 Å². The van der Waals surface area contributed by atoms with Crippen molar-refractivity contribution in [1.82, 2.24) is 14.5 Å². The van der Waals surface area contributed by atoms with Gasteiger partial charge in [0.15, 0.2) is 0 Å². The molecular weight excluding hydrogens is 781 g/mol. The van der Waals surface area contributed by atoms with Crippen molar-refractivity contribution in [3.8, 4) is 0 Å². The van der Waals surface area contributed by atoms with Gasteiger partial charge >= 0.3 is 6.03 Å². The van der Waals surface area contributed by atoms with E-state index in [-0.39, 0.29) is 11.5 Å². The number of carbonyl (C=O) groups excluding carboxylic acids is 2. The zero-order valence-corrected chi connectivity index (χ0v) is 35.6. The standard InChI is InChI=1S/C21H31N3O4S.C13H13NO.C8H18N2O3S/c25-21(23-29(26,27)14-2-1-9-24-10-12-28-13-11-24)22-20-18-7-3-5-16(18)15-17-6-4-8-19(17)20;15-8-14-13-11-5-1-3-9(11)7-10-4-2-6-12(10)13;9-14(11,12)8-2-1-3-10-4-6-13-7-5-10/h15H,1-14H2,(H2,22,23,25);7H,1-6H2;1-8H2,(H2,9,11,12). The second kappa shape index (κ2) is 21.4. The number of urea groups is 1. The largest absolute Gasteiger partial charge is 0.379 e. The number of hydrogen-bond donors (Lipinski definition) is 3. The zero-order chi connectivity index (χ0) is 41.0. The lowest BCUT2D eigenvalue weighted by atomic mass is 9.99. The first-order valence-corrected chi connectivity index (χ1v) is 24.7.